The Labute approximate surface area is 153 Å². The summed E-state index contributed by atoms with van der Waals surface area (Å²) in [7, 11) is 0. The molecule has 0 bridgehead atoms. The van der Waals surface area contributed by atoms with Crippen molar-refractivity contribution in [2.75, 3.05) is 18.4 Å². The zero-order valence-electron chi connectivity index (χ0n) is 15.0. The van der Waals surface area contributed by atoms with Crippen LogP contribution in [-0.2, 0) is 17.9 Å². The number of nitrogens with one attached hydrogen (secondary N) is 1. The summed E-state index contributed by atoms with van der Waals surface area (Å²) in [4.78, 5) is 18.8. The second-order valence-corrected chi connectivity index (χ2v) is 6.53. The second kappa shape index (κ2) is 9.03. The Morgan fingerprint density at radius 1 is 1.19 bits per heavy atom. The molecule has 1 aliphatic heterocycles. The van der Waals surface area contributed by atoms with Gasteiger partial charge in [0.1, 0.15) is 6.54 Å². The number of carbonyl (C=O) groups is 1. The number of benzene rings is 1. The van der Waals surface area contributed by atoms with Crippen molar-refractivity contribution in [1.82, 2.24) is 14.7 Å². The normalized spacial score (nSPS) is 15.5. The van der Waals surface area contributed by atoms with Crippen molar-refractivity contribution < 1.29 is 4.79 Å². The lowest BCUT2D eigenvalue weighted by Gasteiger charge is -2.21. The molecule has 0 radical (unpaired) electrons. The summed E-state index contributed by atoms with van der Waals surface area (Å²) >= 11 is 0. The van der Waals surface area contributed by atoms with Crippen LogP contribution in [0, 0.1) is 0 Å². The standard InChI is InChI=1S/C19H26N6O/c20-19(24-10-3-1-2-4-11-24)21-14-16-7-5-8-17(13-16)23-18(26)15-25-12-6-9-22-25/h5-9,12-13H,1-4,10-11,14-15H2,(H2,20,21)(H,23,26). The maximum atomic E-state index is 12.1. The minimum atomic E-state index is -0.113. The molecule has 3 rings (SSSR count). The van der Waals surface area contributed by atoms with Crippen molar-refractivity contribution >= 4 is 17.6 Å². The third-order valence-electron chi connectivity index (χ3n) is 4.43. The van der Waals surface area contributed by atoms with E-state index in [9.17, 15) is 4.79 Å². The number of amides is 1. The summed E-state index contributed by atoms with van der Waals surface area (Å²) in [6.07, 6.45) is 8.30. The fourth-order valence-corrected chi connectivity index (χ4v) is 3.06. The number of likely N-dealkylation sites (tertiary alicyclic amines) is 1. The average Bonchev–Trinajstić information content (AvgIpc) is 2.99. The van der Waals surface area contributed by atoms with E-state index in [1.165, 1.54) is 25.7 Å². The summed E-state index contributed by atoms with van der Waals surface area (Å²) in [6, 6.07) is 9.49. The number of rotatable bonds is 5. The van der Waals surface area contributed by atoms with Gasteiger partial charge in [-0.3, -0.25) is 9.48 Å². The molecule has 0 aliphatic carbocycles. The Morgan fingerprint density at radius 2 is 2.00 bits per heavy atom. The van der Waals surface area contributed by atoms with Gasteiger partial charge in [0.15, 0.2) is 5.96 Å². The van der Waals surface area contributed by atoms with Crippen molar-refractivity contribution in [1.29, 1.82) is 0 Å². The molecule has 26 heavy (non-hydrogen) atoms. The van der Waals surface area contributed by atoms with Crippen molar-refractivity contribution in [3.8, 4) is 0 Å². The lowest BCUT2D eigenvalue weighted by Crippen LogP contribution is -2.38. The molecular weight excluding hydrogens is 328 g/mol. The molecule has 0 atom stereocenters. The van der Waals surface area contributed by atoms with Gasteiger partial charge in [-0.15, -0.1) is 0 Å². The van der Waals surface area contributed by atoms with Crippen LogP contribution in [0.4, 0.5) is 5.69 Å². The van der Waals surface area contributed by atoms with Gasteiger partial charge in [0.05, 0.1) is 6.54 Å². The van der Waals surface area contributed by atoms with Gasteiger partial charge in [0.2, 0.25) is 5.91 Å². The topological polar surface area (TPSA) is 88.5 Å². The van der Waals surface area contributed by atoms with Gasteiger partial charge < -0.3 is 16.0 Å². The third-order valence-corrected chi connectivity index (χ3v) is 4.43. The highest BCUT2D eigenvalue weighted by Gasteiger charge is 2.10. The van der Waals surface area contributed by atoms with E-state index < -0.39 is 0 Å². The average molecular weight is 354 g/mol. The van der Waals surface area contributed by atoms with E-state index in [2.05, 4.69) is 20.3 Å². The summed E-state index contributed by atoms with van der Waals surface area (Å²) < 4.78 is 1.59. The minimum absolute atomic E-state index is 0.113. The number of aliphatic imine (C=N–C) groups is 1. The minimum Gasteiger partial charge on any atom is -0.370 e. The molecule has 7 heteroatoms. The van der Waals surface area contributed by atoms with Crippen LogP contribution in [0.1, 0.15) is 31.2 Å². The van der Waals surface area contributed by atoms with Crippen LogP contribution in [0.25, 0.3) is 0 Å². The van der Waals surface area contributed by atoms with E-state index >= 15 is 0 Å². The van der Waals surface area contributed by atoms with Gasteiger partial charge in [-0.1, -0.05) is 25.0 Å². The largest absolute Gasteiger partial charge is 0.370 e. The van der Waals surface area contributed by atoms with Crippen molar-refractivity contribution in [3.63, 3.8) is 0 Å². The fourth-order valence-electron chi connectivity index (χ4n) is 3.06. The first-order valence-electron chi connectivity index (χ1n) is 9.12. The smallest absolute Gasteiger partial charge is 0.246 e. The highest BCUT2D eigenvalue weighted by Crippen LogP contribution is 2.13. The highest BCUT2D eigenvalue weighted by atomic mass is 16.2. The molecular formula is C19H26N6O. The van der Waals surface area contributed by atoms with Crippen LogP contribution in [0.15, 0.2) is 47.7 Å². The number of nitrogens with zero attached hydrogens (tertiary/aromatic N) is 4. The highest BCUT2D eigenvalue weighted by molar-refractivity contribution is 5.90. The molecule has 2 aromatic rings. The number of hydrogen-bond acceptors (Lipinski definition) is 3. The molecule has 1 fully saturated rings. The monoisotopic (exact) mass is 354 g/mol. The van der Waals surface area contributed by atoms with Gasteiger partial charge in [0, 0.05) is 31.2 Å². The summed E-state index contributed by atoms with van der Waals surface area (Å²) in [5.41, 5.74) is 7.92. The van der Waals surface area contributed by atoms with E-state index in [1.54, 1.807) is 23.1 Å². The molecule has 1 aromatic carbocycles. The molecule has 1 amide bonds. The Kier molecular flexibility index (Phi) is 6.24. The van der Waals surface area contributed by atoms with Gasteiger partial charge in [-0.25, -0.2) is 4.99 Å². The Hall–Kier alpha value is -2.83. The first-order valence-corrected chi connectivity index (χ1v) is 9.12. The first kappa shape index (κ1) is 18.0. The predicted octanol–water partition coefficient (Wildman–Crippen LogP) is 2.21. The van der Waals surface area contributed by atoms with Crippen molar-refractivity contribution in [2.24, 2.45) is 10.7 Å². The van der Waals surface area contributed by atoms with E-state index in [-0.39, 0.29) is 12.5 Å². The molecule has 0 spiro atoms. The molecule has 7 nitrogen and oxygen atoms in total. The Bertz CT molecular complexity index is 732. The Morgan fingerprint density at radius 3 is 2.73 bits per heavy atom. The Balaban J connectivity index is 1.56. The number of hydrogen-bond donors (Lipinski definition) is 2. The van der Waals surface area contributed by atoms with Crippen LogP contribution in [-0.4, -0.2) is 39.6 Å². The van der Waals surface area contributed by atoms with Crippen LogP contribution < -0.4 is 11.1 Å². The van der Waals surface area contributed by atoms with E-state index in [0.29, 0.717) is 12.5 Å². The van der Waals surface area contributed by atoms with Gasteiger partial charge in [-0.2, -0.15) is 5.10 Å². The number of anilines is 1. The molecule has 138 valence electrons. The molecule has 2 heterocycles. The maximum absolute atomic E-state index is 12.1. The van der Waals surface area contributed by atoms with E-state index in [0.717, 1.165) is 24.3 Å². The van der Waals surface area contributed by atoms with E-state index in [1.807, 2.05) is 24.3 Å². The second-order valence-electron chi connectivity index (χ2n) is 6.53. The lowest BCUT2D eigenvalue weighted by molar-refractivity contribution is -0.116. The first-order chi connectivity index (χ1) is 12.7. The number of nitrogens with two attached hydrogens (primary N) is 1. The fraction of sp³-hybridized carbons (Fsp3) is 0.421. The van der Waals surface area contributed by atoms with Gasteiger partial charge in [0.25, 0.3) is 0 Å². The predicted molar refractivity (Wildman–Crippen MR) is 103 cm³/mol. The zero-order valence-corrected chi connectivity index (χ0v) is 15.0. The lowest BCUT2D eigenvalue weighted by atomic mass is 10.2. The third kappa shape index (κ3) is 5.34. The van der Waals surface area contributed by atoms with Gasteiger partial charge in [-0.05, 0) is 36.6 Å². The van der Waals surface area contributed by atoms with Crippen molar-refractivity contribution in [2.45, 2.75) is 38.8 Å². The van der Waals surface area contributed by atoms with Crippen molar-refractivity contribution in [3.05, 3.63) is 48.3 Å². The SMILES string of the molecule is NC(=NCc1cccc(NC(=O)Cn2cccn2)c1)N1CCCCCC1. The van der Waals surface area contributed by atoms with Crippen LogP contribution in [0.3, 0.4) is 0 Å². The summed E-state index contributed by atoms with van der Waals surface area (Å²) in [5.74, 6) is 0.499. The van der Waals surface area contributed by atoms with Crippen LogP contribution >= 0.6 is 0 Å². The number of aromatic nitrogens is 2. The summed E-state index contributed by atoms with van der Waals surface area (Å²) in [5, 5.41) is 6.92. The summed E-state index contributed by atoms with van der Waals surface area (Å²) in [6.45, 7) is 2.67. The molecule has 3 N–H and O–H groups in total. The van der Waals surface area contributed by atoms with E-state index in [4.69, 9.17) is 5.73 Å². The molecule has 0 unspecified atom stereocenters. The molecule has 0 saturated carbocycles. The van der Waals surface area contributed by atoms with Gasteiger partial charge >= 0.3 is 0 Å². The van der Waals surface area contributed by atoms with Crippen LogP contribution in [0.2, 0.25) is 0 Å². The number of guanidine groups is 1. The molecule has 1 aromatic heterocycles. The quantitative estimate of drug-likeness (QED) is 0.636. The molecule has 1 aliphatic rings. The van der Waals surface area contributed by atoms with Crippen LogP contribution in [0.5, 0.6) is 0 Å². The maximum Gasteiger partial charge on any atom is 0.246 e. The number of carbonyl (C=O) groups excluding carboxylic acids is 1. The zero-order chi connectivity index (χ0) is 18.2. The molecule has 1 saturated heterocycles.